The Morgan fingerprint density at radius 1 is 1.26 bits per heavy atom. The molecule has 1 aromatic carbocycles. The molecule has 0 aliphatic carbocycles. The first-order valence-corrected chi connectivity index (χ1v) is 6.52. The predicted octanol–water partition coefficient (Wildman–Crippen LogP) is 1.56. The zero-order chi connectivity index (χ0) is 16.7. The lowest BCUT2D eigenvalue weighted by atomic mass is 9.86. The van der Waals surface area contributed by atoms with E-state index in [4.69, 9.17) is 10.5 Å². The lowest BCUT2D eigenvalue weighted by Crippen LogP contribution is -2.26. The summed E-state index contributed by atoms with van der Waals surface area (Å²) in [4.78, 5) is 21.5. The van der Waals surface area contributed by atoms with Crippen molar-refractivity contribution in [2.75, 3.05) is 0 Å². The summed E-state index contributed by atoms with van der Waals surface area (Å²) in [5, 5.41) is 29.3. The van der Waals surface area contributed by atoms with Gasteiger partial charge in [-0.05, 0) is 6.92 Å². The maximum atomic E-state index is 11.5. The third kappa shape index (κ3) is 2.16. The highest BCUT2D eigenvalue weighted by atomic mass is 16.6. The number of nitrogens with one attached hydrogen (secondary N) is 1. The minimum atomic E-state index is -1.05. The number of benzene rings is 1. The van der Waals surface area contributed by atoms with Gasteiger partial charge in [-0.3, -0.25) is 25.3 Å². The van der Waals surface area contributed by atoms with Gasteiger partial charge in [-0.1, -0.05) is 18.2 Å². The average molecular weight is 317 g/mol. The number of nitrogens with zero attached hydrogens (tertiary/aromatic N) is 3. The summed E-state index contributed by atoms with van der Waals surface area (Å²) in [7, 11) is 0. The summed E-state index contributed by atoms with van der Waals surface area (Å²) < 4.78 is 5.18. The van der Waals surface area contributed by atoms with E-state index in [9.17, 15) is 20.2 Å². The molecule has 0 spiro atoms. The van der Waals surface area contributed by atoms with E-state index in [1.807, 2.05) is 0 Å². The van der Waals surface area contributed by atoms with E-state index in [1.165, 1.54) is 18.2 Å². The second kappa shape index (κ2) is 5.09. The van der Waals surface area contributed by atoms with Gasteiger partial charge in [0.25, 0.3) is 11.6 Å². The van der Waals surface area contributed by atoms with Crippen molar-refractivity contribution in [2.45, 2.75) is 12.8 Å². The minimum Gasteiger partial charge on any atom is -0.415 e. The van der Waals surface area contributed by atoms with Crippen molar-refractivity contribution < 1.29 is 14.6 Å². The maximum Gasteiger partial charge on any atom is 0.317 e. The number of para-hydroxylation sites is 1. The highest BCUT2D eigenvalue weighted by Gasteiger charge is 2.44. The number of nitro groups is 2. The Balaban J connectivity index is 2.32. The van der Waals surface area contributed by atoms with Crippen LogP contribution in [-0.2, 0) is 0 Å². The van der Waals surface area contributed by atoms with Gasteiger partial charge in [-0.15, -0.1) is 5.10 Å². The number of fused-ring (bicyclic) bond motifs is 1. The first-order valence-electron chi connectivity index (χ1n) is 6.52. The van der Waals surface area contributed by atoms with Crippen molar-refractivity contribution in [1.29, 1.82) is 0 Å². The molecule has 3 N–H and O–H groups in total. The summed E-state index contributed by atoms with van der Waals surface area (Å²) >= 11 is 0. The van der Waals surface area contributed by atoms with E-state index in [2.05, 4.69) is 10.2 Å². The molecule has 1 aliphatic heterocycles. The fourth-order valence-electron chi connectivity index (χ4n) is 2.66. The van der Waals surface area contributed by atoms with Gasteiger partial charge >= 0.3 is 5.70 Å². The van der Waals surface area contributed by atoms with E-state index < -0.39 is 27.3 Å². The maximum absolute atomic E-state index is 11.5. The normalized spacial score (nSPS) is 16.7. The van der Waals surface area contributed by atoms with E-state index in [0.717, 1.165) is 0 Å². The molecule has 2 aromatic rings. The Morgan fingerprint density at radius 2 is 1.96 bits per heavy atom. The van der Waals surface area contributed by atoms with Crippen molar-refractivity contribution in [3.05, 3.63) is 72.9 Å². The molecule has 10 heteroatoms. The number of H-pyrrole nitrogens is 1. The Hall–Kier alpha value is -3.43. The fourth-order valence-corrected chi connectivity index (χ4v) is 2.66. The third-order valence-electron chi connectivity index (χ3n) is 3.62. The molecule has 0 fully saturated rings. The fraction of sp³-hybridized carbons (Fsp3) is 0.154. The molecule has 0 saturated carbocycles. The highest BCUT2D eigenvalue weighted by molar-refractivity contribution is 5.55. The molecule has 23 heavy (non-hydrogen) atoms. The van der Waals surface area contributed by atoms with Crippen LogP contribution in [0, 0.1) is 27.2 Å². The van der Waals surface area contributed by atoms with Crippen LogP contribution in [0.4, 0.5) is 5.69 Å². The number of aryl methyl sites for hydroxylation is 1. The van der Waals surface area contributed by atoms with E-state index >= 15 is 0 Å². The molecule has 1 aromatic heterocycles. The second-order valence-electron chi connectivity index (χ2n) is 4.93. The van der Waals surface area contributed by atoms with Gasteiger partial charge in [0.05, 0.1) is 15.4 Å². The number of ether oxygens (including phenoxy) is 1. The summed E-state index contributed by atoms with van der Waals surface area (Å²) in [5.41, 5.74) is 5.99. The van der Waals surface area contributed by atoms with Crippen molar-refractivity contribution >= 4 is 5.69 Å². The van der Waals surface area contributed by atoms with Crippen LogP contribution in [0.25, 0.3) is 0 Å². The molecule has 10 nitrogen and oxygen atoms in total. The summed E-state index contributed by atoms with van der Waals surface area (Å²) in [6.45, 7) is 1.65. The molecular formula is C13H11N5O5. The Morgan fingerprint density at radius 3 is 2.61 bits per heavy atom. The molecule has 1 atom stereocenters. The standard InChI is InChI=1S/C13H11N5O5/c1-6-9-10(7-4-2-3-5-8(7)17(19)20)11(18(21)22)12(14)23-13(9)16-15-6/h2-5,10H,14H2,1H3,(H,15,16). The molecule has 1 aliphatic rings. The number of aromatic nitrogens is 2. The Labute approximate surface area is 128 Å². The molecule has 0 radical (unpaired) electrons. The van der Waals surface area contributed by atoms with Gasteiger partial charge in [0, 0.05) is 17.3 Å². The molecule has 118 valence electrons. The smallest absolute Gasteiger partial charge is 0.317 e. The van der Waals surface area contributed by atoms with Gasteiger partial charge in [-0.2, -0.15) is 0 Å². The Kier molecular flexibility index (Phi) is 3.21. The monoisotopic (exact) mass is 317 g/mol. The van der Waals surface area contributed by atoms with E-state index in [0.29, 0.717) is 11.3 Å². The van der Waals surface area contributed by atoms with Crippen LogP contribution >= 0.6 is 0 Å². The number of allylic oxidation sites excluding steroid dienone is 1. The molecule has 0 amide bonds. The topological polar surface area (TPSA) is 150 Å². The van der Waals surface area contributed by atoms with E-state index in [1.54, 1.807) is 13.0 Å². The molecule has 2 heterocycles. The van der Waals surface area contributed by atoms with Gasteiger partial charge in [0.15, 0.2) is 0 Å². The van der Waals surface area contributed by atoms with Crippen LogP contribution in [0.2, 0.25) is 0 Å². The van der Waals surface area contributed by atoms with Crippen LogP contribution in [0.5, 0.6) is 5.88 Å². The zero-order valence-electron chi connectivity index (χ0n) is 11.8. The quantitative estimate of drug-likeness (QED) is 0.643. The minimum absolute atomic E-state index is 0.0775. The average Bonchev–Trinajstić information content (AvgIpc) is 2.86. The van der Waals surface area contributed by atoms with Gasteiger partial charge in [-0.25, -0.2) is 0 Å². The van der Waals surface area contributed by atoms with Crippen LogP contribution in [-0.4, -0.2) is 20.0 Å². The molecular weight excluding hydrogens is 306 g/mol. The molecule has 1 unspecified atom stereocenters. The number of nitrogens with two attached hydrogens (primary N) is 1. The number of rotatable bonds is 3. The SMILES string of the molecule is Cc1[nH]nc2c1C(c1ccccc1[N+](=O)[O-])C([N+](=O)[O-])=C(N)O2. The van der Waals surface area contributed by atoms with Crippen LogP contribution < -0.4 is 10.5 Å². The van der Waals surface area contributed by atoms with Crippen molar-refractivity contribution in [2.24, 2.45) is 5.73 Å². The lowest BCUT2D eigenvalue weighted by Gasteiger charge is -2.21. The summed E-state index contributed by atoms with van der Waals surface area (Å²) in [6, 6.07) is 5.80. The zero-order valence-corrected chi connectivity index (χ0v) is 11.8. The lowest BCUT2D eigenvalue weighted by molar-refractivity contribution is -0.433. The third-order valence-corrected chi connectivity index (χ3v) is 3.62. The molecule has 0 bridgehead atoms. The van der Waals surface area contributed by atoms with Crippen molar-refractivity contribution in [3.63, 3.8) is 0 Å². The number of nitro benzene ring substituents is 1. The van der Waals surface area contributed by atoms with Gasteiger partial charge in [0.2, 0.25) is 5.88 Å². The number of hydrogen-bond donors (Lipinski definition) is 2. The second-order valence-corrected chi connectivity index (χ2v) is 4.93. The van der Waals surface area contributed by atoms with Crippen molar-refractivity contribution in [1.82, 2.24) is 10.2 Å². The first-order chi connectivity index (χ1) is 10.9. The summed E-state index contributed by atoms with van der Waals surface area (Å²) in [6.07, 6.45) is 0. The number of aromatic amines is 1. The molecule has 3 rings (SSSR count). The van der Waals surface area contributed by atoms with Gasteiger partial charge < -0.3 is 10.5 Å². The van der Waals surface area contributed by atoms with Crippen LogP contribution in [0.15, 0.2) is 35.8 Å². The number of hydrogen-bond acceptors (Lipinski definition) is 7. The Bertz CT molecular complexity index is 856. The highest BCUT2D eigenvalue weighted by Crippen LogP contribution is 2.45. The first kappa shape index (κ1) is 14.5. The largest absolute Gasteiger partial charge is 0.415 e. The van der Waals surface area contributed by atoms with Crippen molar-refractivity contribution in [3.8, 4) is 5.88 Å². The van der Waals surface area contributed by atoms with Crippen LogP contribution in [0.1, 0.15) is 22.7 Å². The van der Waals surface area contributed by atoms with E-state index in [-0.39, 0.29) is 17.1 Å². The van der Waals surface area contributed by atoms with Crippen LogP contribution in [0.3, 0.4) is 0 Å². The van der Waals surface area contributed by atoms with Gasteiger partial charge in [0.1, 0.15) is 5.92 Å². The predicted molar refractivity (Wildman–Crippen MR) is 77.1 cm³/mol. The molecule has 0 saturated heterocycles. The summed E-state index contributed by atoms with van der Waals surface area (Å²) in [5.74, 6) is -1.40.